The van der Waals surface area contributed by atoms with Crippen molar-refractivity contribution in [2.45, 2.75) is 6.18 Å². The van der Waals surface area contributed by atoms with E-state index in [1.165, 1.54) is 18.4 Å². The van der Waals surface area contributed by atoms with Crippen molar-refractivity contribution in [1.29, 1.82) is 0 Å². The van der Waals surface area contributed by atoms with Crippen LogP contribution in [0.3, 0.4) is 0 Å². The van der Waals surface area contributed by atoms with Crippen LogP contribution in [-0.4, -0.2) is 30.9 Å². The largest absolute Gasteiger partial charge is 0.459 e. The first-order chi connectivity index (χ1) is 12.3. The molecule has 1 heterocycles. The van der Waals surface area contributed by atoms with Gasteiger partial charge in [0, 0.05) is 5.69 Å². The molecular formula is C16H13F3N2O5. The number of hydrogen-bond donors (Lipinski definition) is 2. The second kappa shape index (κ2) is 8.19. The van der Waals surface area contributed by atoms with Gasteiger partial charge in [-0.05, 0) is 36.4 Å². The van der Waals surface area contributed by atoms with E-state index in [-0.39, 0.29) is 11.4 Å². The molecule has 1 aromatic carbocycles. The Labute approximate surface area is 145 Å². The topological polar surface area (TPSA) is 97.6 Å². The van der Waals surface area contributed by atoms with Crippen LogP contribution in [0, 0.1) is 0 Å². The van der Waals surface area contributed by atoms with Crippen molar-refractivity contribution < 1.29 is 36.7 Å². The van der Waals surface area contributed by atoms with Crippen molar-refractivity contribution in [1.82, 2.24) is 5.32 Å². The number of benzene rings is 1. The van der Waals surface area contributed by atoms with E-state index in [9.17, 15) is 27.6 Å². The van der Waals surface area contributed by atoms with Crippen LogP contribution in [0.2, 0.25) is 0 Å². The first-order valence-electron chi connectivity index (χ1n) is 7.20. The SMILES string of the molecule is O=C(COC(=O)CNC(=O)c1ccco1)Nc1ccc(C(F)(F)F)cc1. The number of halogens is 3. The molecule has 2 rings (SSSR count). The summed E-state index contributed by atoms with van der Waals surface area (Å²) in [4.78, 5) is 34.6. The highest BCUT2D eigenvalue weighted by molar-refractivity contribution is 5.95. The summed E-state index contributed by atoms with van der Waals surface area (Å²) in [6.07, 6.45) is -3.18. The number of anilines is 1. The molecule has 0 aliphatic heterocycles. The minimum Gasteiger partial charge on any atom is -0.459 e. The summed E-state index contributed by atoms with van der Waals surface area (Å²) in [6, 6.07) is 6.67. The van der Waals surface area contributed by atoms with Gasteiger partial charge in [-0.15, -0.1) is 0 Å². The monoisotopic (exact) mass is 370 g/mol. The van der Waals surface area contributed by atoms with E-state index in [1.807, 2.05) is 0 Å². The first-order valence-corrected chi connectivity index (χ1v) is 7.20. The molecule has 0 aliphatic rings. The molecule has 0 aliphatic carbocycles. The van der Waals surface area contributed by atoms with Crippen molar-refractivity contribution in [3.8, 4) is 0 Å². The number of ether oxygens (including phenoxy) is 1. The van der Waals surface area contributed by atoms with Crippen LogP contribution in [-0.2, 0) is 20.5 Å². The van der Waals surface area contributed by atoms with E-state index in [0.717, 1.165) is 24.3 Å². The Morgan fingerprint density at radius 3 is 2.35 bits per heavy atom. The summed E-state index contributed by atoms with van der Waals surface area (Å²) in [5.41, 5.74) is -0.737. The average Bonchev–Trinajstić information content (AvgIpc) is 3.12. The molecule has 0 bridgehead atoms. The average molecular weight is 370 g/mol. The summed E-state index contributed by atoms with van der Waals surface area (Å²) < 4.78 is 46.8. The summed E-state index contributed by atoms with van der Waals surface area (Å²) in [7, 11) is 0. The van der Waals surface area contributed by atoms with Gasteiger partial charge in [-0.3, -0.25) is 14.4 Å². The van der Waals surface area contributed by atoms with E-state index in [1.54, 1.807) is 0 Å². The lowest BCUT2D eigenvalue weighted by molar-refractivity contribution is -0.146. The number of esters is 1. The number of amides is 2. The fourth-order valence-electron chi connectivity index (χ4n) is 1.78. The molecule has 0 spiro atoms. The van der Waals surface area contributed by atoms with Gasteiger partial charge >= 0.3 is 12.1 Å². The number of furan rings is 1. The molecule has 1 aromatic heterocycles. The quantitative estimate of drug-likeness (QED) is 0.760. The van der Waals surface area contributed by atoms with Crippen molar-refractivity contribution in [2.75, 3.05) is 18.5 Å². The molecule has 0 saturated heterocycles. The molecule has 10 heteroatoms. The van der Waals surface area contributed by atoms with Crippen molar-refractivity contribution in [2.24, 2.45) is 0 Å². The van der Waals surface area contributed by atoms with Gasteiger partial charge in [0.15, 0.2) is 12.4 Å². The smallest absolute Gasteiger partial charge is 0.416 e. The summed E-state index contributed by atoms with van der Waals surface area (Å²) >= 11 is 0. The summed E-state index contributed by atoms with van der Waals surface area (Å²) in [5.74, 6) is -2.22. The molecule has 2 aromatic rings. The van der Waals surface area contributed by atoms with Crippen LogP contribution in [0.15, 0.2) is 47.1 Å². The molecule has 0 radical (unpaired) electrons. The Balaban J connectivity index is 1.72. The molecule has 2 amide bonds. The van der Waals surface area contributed by atoms with E-state index >= 15 is 0 Å². The zero-order chi connectivity index (χ0) is 19.2. The maximum absolute atomic E-state index is 12.4. The number of nitrogens with one attached hydrogen (secondary N) is 2. The Bertz CT molecular complexity index is 770. The van der Waals surface area contributed by atoms with Gasteiger partial charge in [0.1, 0.15) is 6.54 Å². The number of hydrogen-bond acceptors (Lipinski definition) is 5. The molecule has 0 fully saturated rings. The Hall–Kier alpha value is -3.30. The maximum atomic E-state index is 12.4. The third-order valence-electron chi connectivity index (χ3n) is 3.00. The summed E-state index contributed by atoms with van der Waals surface area (Å²) in [6.45, 7) is -1.14. The lowest BCUT2D eigenvalue weighted by Gasteiger charge is -2.09. The fourth-order valence-corrected chi connectivity index (χ4v) is 1.78. The normalized spacial score (nSPS) is 10.9. The lowest BCUT2D eigenvalue weighted by atomic mass is 10.2. The van der Waals surface area contributed by atoms with Crippen LogP contribution >= 0.6 is 0 Å². The van der Waals surface area contributed by atoms with Gasteiger partial charge in [-0.2, -0.15) is 13.2 Å². The van der Waals surface area contributed by atoms with Crippen LogP contribution in [0.25, 0.3) is 0 Å². The van der Waals surface area contributed by atoms with Crippen LogP contribution in [0.5, 0.6) is 0 Å². The predicted octanol–water partition coefficient (Wildman–Crippen LogP) is 2.21. The van der Waals surface area contributed by atoms with E-state index in [0.29, 0.717) is 0 Å². The first kappa shape index (κ1) is 19.0. The molecule has 2 N–H and O–H groups in total. The van der Waals surface area contributed by atoms with E-state index in [2.05, 4.69) is 15.4 Å². The second-order valence-corrected chi connectivity index (χ2v) is 4.94. The second-order valence-electron chi connectivity index (χ2n) is 4.94. The van der Waals surface area contributed by atoms with Gasteiger partial charge in [-0.25, -0.2) is 0 Å². The highest BCUT2D eigenvalue weighted by Crippen LogP contribution is 2.29. The number of carbonyl (C=O) groups is 3. The minimum atomic E-state index is -4.47. The van der Waals surface area contributed by atoms with Crippen molar-refractivity contribution in [3.05, 3.63) is 54.0 Å². The van der Waals surface area contributed by atoms with E-state index < -0.39 is 42.7 Å². The molecule has 0 saturated carbocycles. The summed E-state index contributed by atoms with van der Waals surface area (Å²) in [5, 5.41) is 4.51. The highest BCUT2D eigenvalue weighted by atomic mass is 19.4. The fraction of sp³-hybridized carbons (Fsp3) is 0.188. The third kappa shape index (κ3) is 5.65. The van der Waals surface area contributed by atoms with Gasteiger partial charge in [0.25, 0.3) is 11.8 Å². The van der Waals surface area contributed by atoms with Gasteiger partial charge < -0.3 is 19.8 Å². The molecule has 138 valence electrons. The third-order valence-corrected chi connectivity index (χ3v) is 3.00. The van der Waals surface area contributed by atoms with Crippen molar-refractivity contribution >= 4 is 23.5 Å². The zero-order valence-corrected chi connectivity index (χ0v) is 13.1. The Morgan fingerprint density at radius 2 is 1.77 bits per heavy atom. The molecule has 0 atom stereocenters. The highest BCUT2D eigenvalue weighted by Gasteiger charge is 2.30. The lowest BCUT2D eigenvalue weighted by Crippen LogP contribution is -2.32. The molecular weight excluding hydrogens is 357 g/mol. The molecule has 7 nitrogen and oxygen atoms in total. The Kier molecular flexibility index (Phi) is 5.99. The van der Waals surface area contributed by atoms with Gasteiger partial charge in [0.05, 0.1) is 11.8 Å². The Morgan fingerprint density at radius 1 is 1.08 bits per heavy atom. The molecule has 0 unspecified atom stereocenters. The van der Waals surface area contributed by atoms with Crippen LogP contribution in [0.1, 0.15) is 16.1 Å². The minimum absolute atomic E-state index is 0.0119. The maximum Gasteiger partial charge on any atom is 0.416 e. The van der Waals surface area contributed by atoms with E-state index in [4.69, 9.17) is 4.42 Å². The zero-order valence-electron chi connectivity index (χ0n) is 13.1. The van der Waals surface area contributed by atoms with Crippen molar-refractivity contribution in [3.63, 3.8) is 0 Å². The number of alkyl halides is 3. The van der Waals surface area contributed by atoms with Crippen LogP contribution < -0.4 is 10.6 Å². The predicted molar refractivity (Wildman–Crippen MR) is 82.1 cm³/mol. The van der Waals surface area contributed by atoms with Crippen LogP contribution in [0.4, 0.5) is 18.9 Å². The van der Waals surface area contributed by atoms with Gasteiger partial charge in [0.2, 0.25) is 0 Å². The number of carbonyl (C=O) groups excluding carboxylic acids is 3. The number of rotatable bonds is 6. The van der Waals surface area contributed by atoms with Gasteiger partial charge in [-0.1, -0.05) is 0 Å². The molecule has 26 heavy (non-hydrogen) atoms. The standard InChI is InChI=1S/C16H13F3N2O5/c17-16(18,19)10-3-5-11(6-4-10)21-13(22)9-26-14(23)8-20-15(24)12-2-1-7-25-12/h1-7H,8-9H2,(H,20,24)(H,21,22).